The molecule has 1 aromatic rings. The Labute approximate surface area is 150 Å². The average Bonchev–Trinajstić information content (AvgIpc) is 2.91. The molecule has 2 aliphatic rings. The van der Waals surface area contributed by atoms with Gasteiger partial charge in [-0.2, -0.15) is 0 Å². The van der Waals surface area contributed by atoms with E-state index in [-0.39, 0.29) is 11.8 Å². The van der Waals surface area contributed by atoms with Crippen molar-refractivity contribution in [3.63, 3.8) is 0 Å². The fraction of sp³-hybridized carbons (Fsp3) is 0.600. The van der Waals surface area contributed by atoms with Crippen LogP contribution in [0.5, 0.6) is 0 Å². The SMILES string of the molecule is O=C(CN1CCN(C(=O)c2ccccc2)CC1)NC1CCCCCC1. The number of nitrogens with zero attached hydrogens (tertiary/aromatic N) is 2. The standard InChI is InChI=1S/C20H29N3O2/c24-19(21-18-10-6-1-2-7-11-18)16-22-12-14-23(15-13-22)20(25)17-8-4-3-5-9-17/h3-5,8-9,18H,1-2,6-7,10-16H2,(H,21,24). The van der Waals surface area contributed by atoms with Gasteiger partial charge in [-0.25, -0.2) is 0 Å². The number of piperazine rings is 1. The highest BCUT2D eigenvalue weighted by molar-refractivity contribution is 5.94. The third-order valence-electron chi connectivity index (χ3n) is 5.27. The molecule has 1 aliphatic carbocycles. The van der Waals surface area contributed by atoms with Gasteiger partial charge >= 0.3 is 0 Å². The van der Waals surface area contributed by atoms with Gasteiger partial charge in [-0.3, -0.25) is 14.5 Å². The number of rotatable bonds is 4. The maximum atomic E-state index is 12.5. The summed E-state index contributed by atoms with van der Waals surface area (Å²) in [7, 11) is 0. The van der Waals surface area contributed by atoms with Gasteiger partial charge in [0.2, 0.25) is 5.91 Å². The molecule has 1 saturated carbocycles. The van der Waals surface area contributed by atoms with E-state index in [1.165, 1.54) is 25.7 Å². The van der Waals surface area contributed by atoms with Crippen molar-refractivity contribution >= 4 is 11.8 Å². The van der Waals surface area contributed by atoms with Gasteiger partial charge in [-0.15, -0.1) is 0 Å². The first-order valence-corrected chi connectivity index (χ1v) is 9.58. The van der Waals surface area contributed by atoms with E-state index in [1.807, 2.05) is 35.2 Å². The fourth-order valence-electron chi connectivity index (χ4n) is 3.77. The van der Waals surface area contributed by atoms with Crippen molar-refractivity contribution in [1.82, 2.24) is 15.1 Å². The topological polar surface area (TPSA) is 52.7 Å². The largest absolute Gasteiger partial charge is 0.352 e. The zero-order chi connectivity index (χ0) is 17.5. The van der Waals surface area contributed by atoms with E-state index >= 15 is 0 Å². The van der Waals surface area contributed by atoms with Crippen LogP contribution in [0.4, 0.5) is 0 Å². The predicted molar refractivity (Wildman–Crippen MR) is 98.4 cm³/mol. The van der Waals surface area contributed by atoms with E-state index in [0.717, 1.165) is 31.5 Å². The molecule has 5 heteroatoms. The van der Waals surface area contributed by atoms with Gasteiger partial charge in [0.15, 0.2) is 0 Å². The van der Waals surface area contributed by atoms with Crippen LogP contribution in [0, 0.1) is 0 Å². The normalized spacial score (nSPS) is 20.1. The Morgan fingerprint density at radius 3 is 2.20 bits per heavy atom. The van der Waals surface area contributed by atoms with Crippen molar-refractivity contribution in [2.45, 2.75) is 44.6 Å². The number of hydrogen-bond donors (Lipinski definition) is 1. The molecule has 136 valence electrons. The molecule has 2 amide bonds. The van der Waals surface area contributed by atoms with Gasteiger partial charge in [0.25, 0.3) is 5.91 Å². The van der Waals surface area contributed by atoms with Crippen molar-refractivity contribution in [3.05, 3.63) is 35.9 Å². The van der Waals surface area contributed by atoms with Crippen LogP contribution >= 0.6 is 0 Å². The second kappa shape index (κ2) is 8.99. The van der Waals surface area contributed by atoms with Crippen LogP contribution in [0.15, 0.2) is 30.3 Å². The van der Waals surface area contributed by atoms with E-state index in [9.17, 15) is 9.59 Å². The molecule has 1 heterocycles. The molecule has 0 spiro atoms. The van der Waals surface area contributed by atoms with E-state index in [0.29, 0.717) is 25.7 Å². The van der Waals surface area contributed by atoms with Crippen molar-refractivity contribution in [3.8, 4) is 0 Å². The molecule has 5 nitrogen and oxygen atoms in total. The Balaban J connectivity index is 1.41. The Morgan fingerprint density at radius 1 is 0.920 bits per heavy atom. The zero-order valence-corrected chi connectivity index (χ0v) is 15.0. The minimum Gasteiger partial charge on any atom is -0.352 e. The Morgan fingerprint density at radius 2 is 1.56 bits per heavy atom. The van der Waals surface area contributed by atoms with E-state index < -0.39 is 0 Å². The van der Waals surface area contributed by atoms with Gasteiger partial charge in [0.1, 0.15) is 0 Å². The Hall–Kier alpha value is -1.88. The van der Waals surface area contributed by atoms with Crippen LogP contribution in [0.1, 0.15) is 48.9 Å². The highest BCUT2D eigenvalue weighted by Gasteiger charge is 2.24. The molecule has 0 aromatic heterocycles. The lowest BCUT2D eigenvalue weighted by molar-refractivity contribution is -0.123. The zero-order valence-electron chi connectivity index (χ0n) is 15.0. The lowest BCUT2D eigenvalue weighted by atomic mass is 10.1. The fourth-order valence-corrected chi connectivity index (χ4v) is 3.77. The van der Waals surface area contributed by atoms with E-state index in [4.69, 9.17) is 0 Å². The summed E-state index contributed by atoms with van der Waals surface area (Å²) in [6.45, 7) is 3.34. The number of hydrogen-bond acceptors (Lipinski definition) is 3. The van der Waals surface area contributed by atoms with E-state index in [2.05, 4.69) is 10.2 Å². The molecule has 25 heavy (non-hydrogen) atoms. The first-order chi connectivity index (χ1) is 12.2. The molecule has 0 bridgehead atoms. The third kappa shape index (κ3) is 5.30. The van der Waals surface area contributed by atoms with Crippen molar-refractivity contribution in [1.29, 1.82) is 0 Å². The lowest BCUT2D eigenvalue weighted by Gasteiger charge is -2.34. The van der Waals surface area contributed by atoms with Gasteiger partial charge in [0, 0.05) is 37.8 Å². The van der Waals surface area contributed by atoms with E-state index in [1.54, 1.807) is 0 Å². The van der Waals surface area contributed by atoms with Crippen LogP contribution in [-0.2, 0) is 4.79 Å². The predicted octanol–water partition coefficient (Wildman–Crippen LogP) is 2.28. The molecule has 1 saturated heterocycles. The number of carbonyl (C=O) groups excluding carboxylic acids is 2. The smallest absolute Gasteiger partial charge is 0.253 e. The van der Waals surface area contributed by atoms with Gasteiger partial charge in [-0.1, -0.05) is 43.9 Å². The molecular weight excluding hydrogens is 314 g/mol. The lowest BCUT2D eigenvalue weighted by Crippen LogP contribution is -2.51. The van der Waals surface area contributed by atoms with Crippen LogP contribution < -0.4 is 5.32 Å². The monoisotopic (exact) mass is 343 g/mol. The minimum atomic E-state index is 0.0863. The highest BCUT2D eigenvalue weighted by atomic mass is 16.2. The number of benzene rings is 1. The third-order valence-corrected chi connectivity index (χ3v) is 5.27. The van der Waals surface area contributed by atoms with Gasteiger partial charge in [0.05, 0.1) is 6.54 Å². The minimum absolute atomic E-state index is 0.0863. The average molecular weight is 343 g/mol. The van der Waals surface area contributed by atoms with Gasteiger partial charge in [-0.05, 0) is 25.0 Å². The summed E-state index contributed by atoms with van der Waals surface area (Å²) < 4.78 is 0. The number of carbonyl (C=O) groups is 2. The summed E-state index contributed by atoms with van der Waals surface area (Å²) in [6.07, 6.45) is 7.28. The van der Waals surface area contributed by atoms with Crippen LogP contribution in [-0.4, -0.2) is 60.4 Å². The molecule has 0 atom stereocenters. The molecular formula is C20H29N3O2. The highest BCUT2D eigenvalue weighted by Crippen LogP contribution is 2.17. The quantitative estimate of drug-likeness (QED) is 0.854. The summed E-state index contributed by atoms with van der Waals surface area (Å²) in [5, 5.41) is 3.20. The molecule has 3 rings (SSSR count). The molecule has 2 fully saturated rings. The maximum absolute atomic E-state index is 12.5. The molecule has 1 aliphatic heterocycles. The van der Waals surface area contributed by atoms with Crippen molar-refractivity contribution in [2.75, 3.05) is 32.7 Å². The first-order valence-electron chi connectivity index (χ1n) is 9.58. The molecule has 1 N–H and O–H groups in total. The second-order valence-electron chi connectivity index (χ2n) is 7.19. The second-order valence-corrected chi connectivity index (χ2v) is 7.19. The van der Waals surface area contributed by atoms with Gasteiger partial charge < -0.3 is 10.2 Å². The number of nitrogens with one attached hydrogen (secondary N) is 1. The summed E-state index contributed by atoms with van der Waals surface area (Å²) in [5.74, 6) is 0.220. The van der Waals surface area contributed by atoms with Crippen LogP contribution in [0.2, 0.25) is 0 Å². The summed E-state index contributed by atoms with van der Waals surface area (Å²) >= 11 is 0. The first kappa shape index (κ1) is 17.9. The summed E-state index contributed by atoms with van der Waals surface area (Å²) in [6, 6.07) is 9.77. The number of amides is 2. The molecule has 0 unspecified atom stereocenters. The maximum Gasteiger partial charge on any atom is 0.253 e. The van der Waals surface area contributed by atoms with Crippen molar-refractivity contribution in [2.24, 2.45) is 0 Å². The Kier molecular flexibility index (Phi) is 6.45. The summed E-state index contributed by atoms with van der Waals surface area (Å²) in [5.41, 5.74) is 0.738. The van der Waals surface area contributed by atoms with Crippen molar-refractivity contribution < 1.29 is 9.59 Å². The summed E-state index contributed by atoms with van der Waals surface area (Å²) in [4.78, 5) is 28.8. The van der Waals surface area contributed by atoms with Crippen LogP contribution in [0.3, 0.4) is 0 Å². The Bertz CT molecular complexity index is 560. The molecule has 1 aromatic carbocycles. The van der Waals surface area contributed by atoms with Crippen LogP contribution in [0.25, 0.3) is 0 Å². The molecule has 0 radical (unpaired) electrons.